The second kappa shape index (κ2) is 7.99. The van der Waals surface area contributed by atoms with E-state index in [-0.39, 0.29) is 17.9 Å². The first-order valence-corrected chi connectivity index (χ1v) is 9.81. The van der Waals surface area contributed by atoms with Crippen molar-refractivity contribution in [1.29, 1.82) is 0 Å². The van der Waals surface area contributed by atoms with E-state index in [9.17, 15) is 9.90 Å². The van der Waals surface area contributed by atoms with Crippen molar-refractivity contribution in [2.45, 2.75) is 36.0 Å². The van der Waals surface area contributed by atoms with Gasteiger partial charge in [0.1, 0.15) is 0 Å². The Morgan fingerprint density at radius 1 is 1.26 bits per heavy atom. The Hall–Kier alpha value is -1.30. The first-order chi connectivity index (χ1) is 11.2. The van der Waals surface area contributed by atoms with Crippen molar-refractivity contribution in [3.05, 3.63) is 52.2 Å². The number of hydrogen-bond donors (Lipinski definition) is 2. The Morgan fingerprint density at radius 2 is 2.13 bits per heavy atom. The fourth-order valence-corrected chi connectivity index (χ4v) is 4.72. The van der Waals surface area contributed by atoms with Gasteiger partial charge in [-0.3, -0.25) is 4.79 Å². The fourth-order valence-electron chi connectivity index (χ4n) is 2.90. The van der Waals surface area contributed by atoms with Gasteiger partial charge in [-0.1, -0.05) is 24.6 Å². The number of carbonyl (C=O) groups excluding carboxylic acids is 1. The molecule has 1 aromatic heterocycles. The number of nitrogens with one attached hydrogen (secondary N) is 1. The van der Waals surface area contributed by atoms with Crippen molar-refractivity contribution < 1.29 is 9.90 Å². The molecule has 0 bridgehead atoms. The molecule has 0 spiro atoms. The van der Waals surface area contributed by atoms with E-state index < -0.39 is 0 Å². The smallest absolute Gasteiger partial charge is 0.252 e. The monoisotopic (exact) mass is 347 g/mol. The van der Waals surface area contributed by atoms with Crippen molar-refractivity contribution in [2.75, 3.05) is 6.54 Å². The highest BCUT2D eigenvalue weighted by Crippen LogP contribution is 2.28. The molecule has 2 N–H and O–H groups in total. The lowest BCUT2D eigenvalue weighted by Crippen LogP contribution is -2.32. The van der Waals surface area contributed by atoms with Crippen LogP contribution in [0, 0.1) is 5.92 Å². The Balaban J connectivity index is 1.60. The largest absolute Gasteiger partial charge is 0.393 e. The van der Waals surface area contributed by atoms with Gasteiger partial charge in [-0.05, 0) is 36.4 Å². The molecule has 0 aliphatic heterocycles. The molecule has 122 valence electrons. The molecule has 0 radical (unpaired) electrons. The molecule has 1 aliphatic rings. The number of amides is 1. The summed E-state index contributed by atoms with van der Waals surface area (Å²) in [6, 6.07) is 11.9. The standard InChI is InChI=1S/C18H21NO2S2/c20-16-8-3-5-13(16)11-19-18(21)15-7-1-2-9-17(15)23-12-14-6-4-10-22-14/h1-2,4,6-7,9-10,13,16,20H,3,5,8,11-12H2,(H,19,21). The summed E-state index contributed by atoms with van der Waals surface area (Å²) in [5.74, 6) is 1.03. The van der Waals surface area contributed by atoms with E-state index in [1.165, 1.54) is 4.88 Å². The van der Waals surface area contributed by atoms with Gasteiger partial charge in [0.15, 0.2) is 0 Å². The van der Waals surface area contributed by atoms with Crippen LogP contribution >= 0.6 is 23.1 Å². The summed E-state index contributed by atoms with van der Waals surface area (Å²) >= 11 is 3.43. The molecule has 2 aromatic rings. The van der Waals surface area contributed by atoms with Crippen molar-refractivity contribution in [3.63, 3.8) is 0 Å². The van der Waals surface area contributed by atoms with Gasteiger partial charge in [-0.2, -0.15) is 0 Å². The molecular formula is C18H21NO2S2. The van der Waals surface area contributed by atoms with Crippen molar-refractivity contribution in [3.8, 4) is 0 Å². The van der Waals surface area contributed by atoms with Crippen LogP contribution in [-0.2, 0) is 5.75 Å². The van der Waals surface area contributed by atoms with Crippen molar-refractivity contribution in [1.82, 2.24) is 5.32 Å². The topological polar surface area (TPSA) is 49.3 Å². The van der Waals surface area contributed by atoms with Crippen LogP contribution in [0.2, 0.25) is 0 Å². The molecule has 0 saturated heterocycles. The molecule has 1 aromatic carbocycles. The zero-order valence-electron chi connectivity index (χ0n) is 12.9. The number of aliphatic hydroxyl groups excluding tert-OH is 1. The normalized spacial score (nSPS) is 20.6. The van der Waals surface area contributed by atoms with E-state index in [1.807, 2.05) is 30.3 Å². The average Bonchev–Trinajstić information content (AvgIpc) is 3.22. The first-order valence-electron chi connectivity index (χ1n) is 7.94. The Kier molecular flexibility index (Phi) is 5.75. The third kappa shape index (κ3) is 4.37. The van der Waals surface area contributed by atoms with Crippen LogP contribution < -0.4 is 5.32 Å². The number of carbonyl (C=O) groups is 1. The number of thioether (sulfide) groups is 1. The van der Waals surface area contributed by atoms with Crippen LogP contribution in [0.25, 0.3) is 0 Å². The Bertz CT molecular complexity index is 642. The van der Waals surface area contributed by atoms with E-state index in [0.717, 1.165) is 35.5 Å². The second-order valence-corrected chi connectivity index (χ2v) is 7.88. The number of benzene rings is 1. The maximum atomic E-state index is 12.5. The number of hydrogen-bond acceptors (Lipinski definition) is 4. The molecule has 3 rings (SSSR count). The van der Waals surface area contributed by atoms with Crippen LogP contribution in [0.15, 0.2) is 46.7 Å². The molecule has 23 heavy (non-hydrogen) atoms. The van der Waals surface area contributed by atoms with Gasteiger partial charge in [0.2, 0.25) is 0 Å². The lowest BCUT2D eigenvalue weighted by Gasteiger charge is -2.16. The van der Waals surface area contributed by atoms with Crippen LogP contribution in [0.5, 0.6) is 0 Å². The predicted molar refractivity (Wildman–Crippen MR) is 96.0 cm³/mol. The number of aliphatic hydroxyl groups is 1. The molecule has 1 aliphatic carbocycles. The summed E-state index contributed by atoms with van der Waals surface area (Å²) in [6.07, 6.45) is 2.64. The van der Waals surface area contributed by atoms with Crippen LogP contribution in [0.4, 0.5) is 0 Å². The van der Waals surface area contributed by atoms with Gasteiger partial charge in [0, 0.05) is 28.0 Å². The van der Waals surface area contributed by atoms with E-state index >= 15 is 0 Å². The zero-order valence-corrected chi connectivity index (χ0v) is 14.5. The van der Waals surface area contributed by atoms with Crippen LogP contribution in [0.3, 0.4) is 0 Å². The van der Waals surface area contributed by atoms with E-state index in [2.05, 4.69) is 16.8 Å². The first kappa shape index (κ1) is 16.6. The SMILES string of the molecule is O=C(NCC1CCCC1O)c1ccccc1SCc1cccs1. The number of thiophene rings is 1. The summed E-state index contributed by atoms with van der Waals surface area (Å²) in [4.78, 5) is 14.8. The molecule has 2 unspecified atom stereocenters. The maximum Gasteiger partial charge on any atom is 0.252 e. The molecule has 5 heteroatoms. The average molecular weight is 348 g/mol. The quantitative estimate of drug-likeness (QED) is 0.779. The van der Waals surface area contributed by atoms with E-state index in [0.29, 0.717) is 6.54 Å². The lowest BCUT2D eigenvalue weighted by atomic mass is 10.1. The van der Waals surface area contributed by atoms with Gasteiger partial charge >= 0.3 is 0 Å². The summed E-state index contributed by atoms with van der Waals surface area (Å²) in [7, 11) is 0. The minimum absolute atomic E-state index is 0.0432. The third-order valence-electron chi connectivity index (χ3n) is 4.23. The maximum absolute atomic E-state index is 12.5. The Labute approximate surface area is 145 Å². The highest BCUT2D eigenvalue weighted by molar-refractivity contribution is 7.98. The second-order valence-electron chi connectivity index (χ2n) is 5.83. The van der Waals surface area contributed by atoms with Gasteiger partial charge in [0.25, 0.3) is 5.91 Å². The number of rotatable bonds is 6. The zero-order chi connectivity index (χ0) is 16.1. The van der Waals surface area contributed by atoms with Crippen LogP contribution in [0.1, 0.15) is 34.5 Å². The molecule has 1 saturated carbocycles. The van der Waals surface area contributed by atoms with E-state index in [1.54, 1.807) is 23.1 Å². The van der Waals surface area contributed by atoms with Gasteiger partial charge in [0.05, 0.1) is 11.7 Å². The summed E-state index contributed by atoms with van der Waals surface area (Å²) in [5.41, 5.74) is 0.724. The molecule has 2 atom stereocenters. The van der Waals surface area contributed by atoms with Gasteiger partial charge < -0.3 is 10.4 Å². The molecule has 1 amide bonds. The van der Waals surface area contributed by atoms with Crippen molar-refractivity contribution in [2.24, 2.45) is 5.92 Å². The summed E-state index contributed by atoms with van der Waals surface area (Å²) in [6.45, 7) is 0.559. The minimum Gasteiger partial charge on any atom is -0.393 e. The summed E-state index contributed by atoms with van der Waals surface area (Å²) < 4.78 is 0. The fraction of sp³-hybridized carbons (Fsp3) is 0.389. The molecule has 1 fully saturated rings. The minimum atomic E-state index is -0.265. The Morgan fingerprint density at radius 3 is 2.87 bits per heavy atom. The lowest BCUT2D eigenvalue weighted by molar-refractivity contribution is 0.0914. The highest BCUT2D eigenvalue weighted by Gasteiger charge is 2.25. The molecular weight excluding hydrogens is 326 g/mol. The van der Waals surface area contributed by atoms with E-state index in [4.69, 9.17) is 0 Å². The molecule has 3 nitrogen and oxygen atoms in total. The highest BCUT2D eigenvalue weighted by atomic mass is 32.2. The van der Waals surface area contributed by atoms with Gasteiger partial charge in [-0.15, -0.1) is 23.1 Å². The third-order valence-corrected chi connectivity index (χ3v) is 6.41. The van der Waals surface area contributed by atoms with Crippen molar-refractivity contribution >= 4 is 29.0 Å². The molecule has 1 heterocycles. The van der Waals surface area contributed by atoms with Crippen LogP contribution in [-0.4, -0.2) is 23.7 Å². The van der Waals surface area contributed by atoms with Gasteiger partial charge in [-0.25, -0.2) is 0 Å². The predicted octanol–water partition coefficient (Wildman–Crippen LogP) is 3.93. The summed E-state index contributed by atoms with van der Waals surface area (Å²) in [5, 5.41) is 14.9.